The zero-order chi connectivity index (χ0) is 11.5. The molecule has 0 aromatic carbocycles. The van der Waals surface area contributed by atoms with E-state index in [1.807, 2.05) is 13.8 Å². The lowest BCUT2D eigenvalue weighted by Gasteiger charge is -2.21. The van der Waals surface area contributed by atoms with E-state index < -0.39 is 12.0 Å². The van der Waals surface area contributed by atoms with Crippen molar-refractivity contribution >= 4 is 5.97 Å². The summed E-state index contributed by atoms with van der Waals surface area (Å²) in [5.41, 5.74) is 0.0668. The van der Waals surface area contributed by atoms with Crippen molar-refractivity contribution in [1.29, 1.82) is 5.26 Å². The number of hydrogen-bond donors (Lipinski definition) is 2. The lowest BCUT2D eigenvalue weighted by Crippen LogP contribution is -2.43. The first kappa shape index (κ1) is 12.0. The fraction of sp³-hybridized carbons (Fsp3) is 0.818. The number of nitrogens with zero attached hydrogens (tertiary/aromatic N) is 1. The molecule has 0 bridgehead atoms. The fourth-order valence-corrected chi connectivity index (χ4v) is 1.70. The van der Waals surface area contributed by atoms with Crippen molar-refractivity contribution in [3.05, 3.63) is 0 Å². The van der Waals surface area contributed by atoms with Gasteiger partial charge in [-0.05, 0) is 24.2 Å². The summed E-state index contributed by atoms with van der Waals surface area (Å²) in [4.78, 5) is 10.9. The quantitative estimate of drug-likeness (QED) is 0.694. The van der Waals surface area contributed by atoms with Crippen molar-refractivity contribution in [2.24, 2.45) is 11.3 Å². The zero-order valence-electron chi connectivity index (χ0n) is 9.29. The molecule has 1 rings (SSSR count). The van der Waals surface area contributed by atoms with E-state index in [1.54, 1.807) is 0 Å². The molecule has 1 unspecified atom stereocenters. The number of aliphatic carboxylic acids is 1. The first-order valence-corrected chi connectivity index (χ1v) is 5.34. The molecule has 0 saturated heterocycles. The molecule has 0 spiro atoms. The number of nitrogens with one attached hydrogen (secondary N) is 1. The molecule has 0 amide bonds. The van der Waals surface area contributed by atoms with Crippen molar-refractivity contribution in [1.82, 2.24) is 5.32 Å². The number of carboxylic acid groups (broad SMARTS) is 1. The largest absolute Gasteiger partial charge is 0.480 e. The molecule has 15 heavy (non-hydrogen) atoms. The molecular formula is C11H18N2O2. The van der Waals surface area contributed by atoms with E-state index in [0.29, 0.717) is 13.0 Å². The van der Waals surface area contributed by atoms with E-state index in [1.165, 1.54) is 0 Å². The Balaban J connectivity index is 2.41. The van der Waals surface area contributed by atoms with Gasteiger partial charge < -0.3 is 10.4 Å². The van der Waals surface area contributed by atoms with Crippen LogP contribution in [0.25, 0.3) is 0 Å². The van der Waals surface area contributed by atoms with Gasteiger partial charge in [-0.25, -0.2) is 0 Å². The molecule has 4 heteroatoms. The SMILES string of the molecule is CC(C)C(NCC1(CC#N)CC1)C(=O)O. The van der Waals surface area contributed by atoms with Gasteiger partial charge in [0.2, 0.25) is 0 Å². The summed E-state index contributed by atoms with van der Waals surface area (Å²) in [7, 11) is 0. The average Bonchev–Trinajstić information content (AvgIpc) is 2.85. The van der Waals surface area contributed by atoms with Gasteiger partial charge in [0.05, 0.1) is 6.07 Å². The van der Waals surface area contributed by atoms with Gasteiger partial charge in [0.1, 0.15) is 6.04 Å². The maximum atomic E-state index is 10.9. The summed E-state index contributed by atoms with van der Waals surface area (Å²) < 4.78 is 0. The molecular weight excluding hydrogens is 192 g/mol. The first-order chi connectivity index (χ1) is 7.01. The monoisotopic (exact) mass is 210 g/mol. The smallest absolute Gasteiger partial charge is 0.320 e. The van der Waals surface area contributed by atoms with Crippen molar-refractivity contribution in [2.45, 2.75) is 39.2 Å². The van der Waals surface area contributed by atoms with E-state index in [2.05, 4.69) is 11.4 Å². The van der Waals surface area contributed by atoms with Crippen LogP contribution in [0.1, 0.15) is 33.1 Å². The van der Waals surface area contributed by atoms with Crippen LogP contribution in [0.15, 0.2) is 0 Å². The molecule has 1 atom stereocenters. The lowest BCUT2D eigenvalue weighted by atomic mass is 10.00. The van der Waals surface area contributed by atoms with E-state index in [9.17, 15) is 4.79 Å². The molecule has 4 nitrogen and oxygen atoms in total. The van der Waals surface area contributed by atoms with Crippen LogP contribution >= 0.6 is 0 Å². The Kier molecular flexibility index (Phi) is 3.70. The molecule has 1 aliphatic carbocycles. The van der Waals surface area contributed by atoms with Crippen molar-refractivity contribution in [2.75, 3.05) is 6.54 Å². The van der Waals surface area contributed by atoms with Gasteiger partial charge in [0, 0.05) is 13.0 Å². The maximum absolute atomic E-state index is 10.9. The minimum absolute atomic E-state index is 0.0668. The highest BCUT2D eigenvalue weighted by molar-refractivity contribution is 5.73. The highest BCUT2D eigenvalue weighted by Gasteiger charge is 2.42. The third kappa shape index (κ3) is 3.21. The van der Waals surface area contributed by atoms with Crippen LogP contribution in [0.4, 0.5) is 0 Å². The van der Waals surface area contributed by atoms with Gasteiger partial charge in [-0.2, -0.15) is 5.26 Å². The van der Waals surface area contributed by atoms with Crippen molar-refractivity contribution in [3.8, 4) is 6.07 Å². The molecule has 1 saturated carbocycles. The minimum atomic E-state index is -0.808. The van der Waals surface area contributed by atoms with Crippen LogP contribution in [0.3, 0.4) is 0 Å². The number of carboxylic acids is 1. The second-order valence-electron chi connectivity index (χ2n) is 4.78. The number of rotatable bonds is 6. The Morgan fingerprint density at radius 3 is 2.53 bits per heavy atom. The van der Waals surface area contributed by atoms with Crippen LogP contribution in [0, 0.1) is 22.7 Å². The lowest BCUT2D eigenvalue weighted by molar-refractivity contribution is -0.140. The van der Waals surface area contributed by atoms with Gasteiger partial charge in [-0.1, -0.05) is 13.8 Å². The molecule has 0 aliphatic heterocycles. The van der Waals surface area contributed by atoms with Crippen molar-refractivity contribution in [3.63, 3.8) is 0 Å². The van der Waals surface area contributed by atoms with Gasteiger partial charge >= 0.3 is 5.97 Å². The van der Waals surface area contributed by atoms with E-state index in [-0.39, 0.29) is 11.3 Å². The third-order valence-electron chi connectivity index (χ3n) is 3.04. The van der Waals surface area contributed by atoms with Crippen LogP contribution < -0.4 is 5.32 Å². The van der Waals surface area contributed by atoms with Crippen LogP contribution in [0.2, 0.25) is 0 Å². The molecule has 2 N–H and O–H groups in total. The summed E-state index contributed by atoms with van der Waals surface area (Å²) in [6.45, 7) is 4.42. The molecule has 1 aliphatic rings. The zero-order valence-corrected chi connectivity index (χ0v) is 9.29. The van der Waals surface area contributed by atoms with Crippen LogP contribution in [-0.4, -0.2) is 23.7 Å². The predicted molar refractivity (Wildman–Crippen MR) is 56.2 cm³/mol. The topological polar surface area (TPSA) is 73.1 Å². The summed E-state index contributed by atoms with van der Waals surface area (Å²) in [5, 5.41) is 20.7. The van der Waals surface area contributed by atoms with Gasteiger partial charge in [-0.15, -0.1) is 0 Å². The highest BCUT2D eigenvalue weighted by atomic mass is 16.4. The van der Waals surface area contributed by atoms with E-state index >= 15 is 0 Å². The minimum Gasteiger partial charge on any atom is -0.480 e. The van der Waals surface area contributed by atoms with Gasteiger partial charge in [-0.3, -0.25) is 4.79 Å². The maximum Gasteiger partial charge on any atom is 0.320 e. The van der Waals surface area contributed by atoms with Crippen LogP contribution in [0.5, 0.6) is 0 Å². The van der Waals surface area contributed by atoms with Gasteiger partial charge in [0.25, 0.3) is 0 Å². The number of hydrogen-bond acceptors (Lipinski definition) is 3. The normalized spacial score (nSPS) is 19.6. The van der Waals surface area contributed by atoms with Crippen LogP contribution in [-0.2, 0) is 4.79 Å². The molecule has 84 valence electrons. The Labute approximate surface area is 90.3 Å². The van der Waals surface area contributed by atoms with Crippen molar-refractivity contribution < 1.29 is 9.90 Å². The van der Waals surface area contributed by atoms with E-state index in [4.69, 9.17) is 10.4 Å². The molecule has 0 radical (unpaired) electrons. The number of nitriles is 1. The molecule has 0 heterocycles. The summed E-state index contributed by atoms with van der Waals surface area (Å²) in [5.74, 6) is -0.738. The summed E-state index contributed by atoms with van der Waals surface area (Å²) >= 11 is 0. The first-order valence-electron chi connectivity index (χ1n) is 5.34. The van der Waals surface area contributed by atoms with Gasteiger partial charge in [0.15, 0.2) is 0 Å². The molecule has 0 aromatic heterocycles. The highest BCUT2D eigenvalue weighted by Crippen LogP contribution is 2.47. The second-order valence-corrected chi connectivity index (χ2v) is 4.78. The standard InChI is InChI=1S/C11H18N2O2/c1-8(2)9(10(14)15)13-7-11(3-4-11)5-6-12/h8-9,13H,3-5,7H2,1-2H3,(H,14,15). The summed E-state index contributed by atoms with van der Waals surface area (Å²) in [6.07, 6.45) is 2.61. The third-order valence-corrected chi connectivity index (χ3v) is 3.04. The Morgan fingerprint density at radius 1 is 1.60 bits per heavy atom. The molecule has 0 aromatic rings. The Bertz CT molecular complexity index is 277. The van der Waals surface area contributed by atoms with E-state index in [0.717, 1.165) is 12.8 Å². The second kappa shape index (κ2) is 4.63. The Hall–Kier alpha value is -1.08. The fourth-order valence-electron chi connectivity index (χ4n) is 1.70. The molecule has 1 fully saturated rings. The Morgan fingerprint density at radius 2 is 2.20 bits per heavy atom. The predicted octanol–water partition coefficient (Wildman–Crippen LogP) is 1.38. The number of carbonyl (C=O) groups is 1. The summed E-state index contributed by atoms with van der Waals surface area (Å²) in [6, 6.07) is 1.67. The average molecular weight is 210 g/mol.